The number of aliphatic hydroxyl groups is 1. The minimum Gasteiger partial charge on any atom is -0.397 e. The quantitative estimate of drug-likeness (QED) is 0.609. The molecule has 0 aromatic heterocycles. The van der Waals surface area contributed by atoms with Gasteiger partial charge in [0.15, 0.2) is 0 Å². The van der Waals surface area contributed by atoms with Gasteiger partial charge in [-0.1, -0.05) is 26.8 Å². The van der Waals surface area contributed by atoms with Crippen LogP contribution in [0.25, 0.3) is 0 Å². The molecule has 5 N–H and O–H groups in total. The van der Waals surface area contributed by atoms with Crippen molar-refractivity contribution in [3.63, 3.8) is 0 Å². The van der Waals surface area contributed by atoms with Gasteiger partial charge in [0.2, 0.25) is 0 Å². The fourth-order valence-corrected chi connectivity index (χ4v) is 1.77. The van der Waals surface area contributed by atoms with Crippen molar-refractivity contribution in [1.29, 1.82) is 0 Å². The number of hydrogen-bond acceptors (Lipinski definition) is 4. The lowest BCUT2D eigenvalue weighted by Crippen LogP contribution is -2.37. The zero-order chi connectivity index (χ0) is 16.3. The van der Waals surface area contributed by atoms with Crippen LogP contribution in [0.2, 0.25) is 0 Å². The minimum absolute atomic E-state index is 0.236. The van der Waals surface area contributed by atoms with E-state index in [2.05, 4.69) is 44.4 Å². The van der Waals surface area contributed by atoms with E-state index in [0.29, 0.717) is 18.3 Å². The third-order valence-electron chi connectivity index (χ3n) is 3.74. The van der Waals surface area contributed by atoms with Crippen molar-refractivity contribution < 1.29 is 5.11 Å². The third-order valence-corrected chi connectivity index (χ3v) is 3.74. The monoisotopic (exact) mass is 293 g/mol. The van der Waals surface area contributed by atoms with E-state index >= 15 is 0 Å². The SMILES string of the molecule is C[C@H](NCc1ccc(NCC(C)(C)O)c(N)c1)C(C)(C)C. The van der Waals surface area contributed by atoms with Gasteiger partial charge in [-0.3, -0.25) is 0 Å². The Balaban J connectivity index is 2.62. The summed E-state index contributed by atoms with van der Waals surface area (Å²) in [5.74, 6) is 0. The van der Waals surface area contributed by atoms with Crippen LogP contribution in [-0.4, -0.2) is 23.3 Å². The fourth-order valence-electron chi connectivity index (χ4n) is 1.77. The molecule has 0 bridgehead atoms. The van der Waals surface area contributed by atoms with Gasteiger partial charge in [0.25, 0.3) is 0 Å². The Morgan fingerprint density at radius 3 is 2.29 bits per heavy atom. The molecule has 0 unspecified atom stereocenters. The minimum atomic E-state index is -0.755. The Bertz CT molecular complexity index is 458. The molecular weight excluding hydrogens is 262 g/mol. The number of hydrogen-bond donors (Lipinski definition) is 4. The van der Waals surface area contributed by atoms with Crippen molar-refractivity contribution in [2.45, 2.75) is 59.7 Å². The van der Waals surface area contributed by atoms with Crippen LogP contribution in [0, 0.1) is 5.41 Å². The van der Waals surface area contributed by atoms with E-state index in [9.17, 15) is 5.11 Å². The normalized spacial score (nSPS) is 14.0. The summed E-state index contributed by atoms with van der Waals surface area (Å²) in [6, 6.07) is 6.44. The maximum atomic E-state index is 9.73. The van der Waals surface area contributed by atoms with Crippen molar-refractivity contribution in [1.82, 2.24) is 5.32 Å². The van der Waals surface area contributed by atoms with Gasteiger partial charge >= 0.3 is 0 Å². The summed E-state index contributed by atoms with van der Waals surface area (Å²) in [5, 5.41) is 16.4. The van der Waals surface area contributed by atoms with Crippen LogP contribution in [0.5, 0.6) is 0 Å². The van der Waals surface area contributed by atoms with Gasteiger partial charge in [0.05, 0.1) is 17.0 Å². The van der Waals surface area contributed by atoms with Crippen LogP contribution in [0.15, 0.2) is 18.2 Å². The van der Waals surface area contributed by atoms with Crippen molar-refractivity contribution in [2.75, 3.05) is 17.6 Å². The molecule has 0 amide bonds. The largest absolute Gasteiger partial charge is 0.397 e. The number of rotatable bonds is 6. The lowest BCUT2D eigenvalue weighted by atomic mass is 9.88. The Labute approximate surface area is 129 Å². The molecule has 0 aliphatic rings. The second-order valence-corrected chi connectivity index (χ2v) is 7.56. The van der Waals surface area contributed by atoms with E-state index in [1.807, 2.05) is 12.1 Å². The zero-order valence-corrected chi connectivity index (χ0v) is 14.2. The van der Waals surface area contributed by atoms with Gasteiger partial charge in [0, 0.05) is 19.1 Å². The lowest BCUT2D eigenvalue weighted by Gasteiger charge is -2.28. The summed E-state index contributed by atoms with van der Waals surface area (Å²) < 4.78 is 0. The molecular formula is C17H31N3O. The van der Waals surface area contributed by atoms with Crippen LogP contribution in [0.4, 0.5) is 11.4 Å². The Hall–Kier alpha value is -1.26. The summed E-state index contributed by atoms with van der Waals surface area (Å²) in [4.78, 5) is 0. The number of anilines is 2. The standard InChI is InChI=1S/C17H31N3O/c1-12(16(2,3)4)19-10-13-7-8-15(14(18)9-13)20-11-17(5,6)21/h7-9,12,19-21H,10-11,18H2,1-6H3/t12-/m0/s1. The van der Waals surface area contributed by atoms with Gasteiger partial charge < -0.3 is 21.5 Å². The fraction of sp³-hybridized carbons (Fsp3) is 0.647. The van der Waals surface area contributed by atoms with Gasteiger partial charge in [-0.15, -0.1) is 0 Å². The van der Waals surface area contributed by atoms with E-state index in [-0.39, 0.29) is 5.41 Å². The molecule has 4 nitrogen and oxygen atoms in total. The molecule has 0 heterocycles. The Morgan fingerprint density at radius 1 is 1.19 bits per heavy atom. The molecule has 120 valence electrons. The average Bonchev–Trinajstić information content (AvgIpc) is 2.32. The van der Waals surface area contributed by atoms with Crippen molar-refractivity contribution >= 4 is 11.4 Å². The Kier molecular flexibility index (Phi) is 5.65. The second-order valence-electron chi connectivity index (χ2n) is 7.56. The molecule has 0 spiro atoms. The van der Waals surface area contributed by atoms with Gasteiger partial charge in [-0.05, 0) is 43.9 Å². The number of nitrogens with one attached hydrogen (secondary N) is 2. The van der Waals surface area contributed by atoms with Crippen LogP contribution in [-0.2, 0) is 6.54 Å². The predicted octanol–water partition coefficient (Wildman–Crippen LogP) is 2.98. The first-order valence-electron chi connectivity index (χ1n) is 7.57. The molecule has 0 saturated heterocycles. The number of nitrogen functional groups attached to an aromatic ring is 1. The molecule has 4 heteroatoms. The molecule has 1 rings (SSSR count). The molecule has 1 atom stereocenters. The molecule has 1 aromatic rings. The topological polar surface area (TPSA) is 70.3 Å². The van der Waals surface area contributed by atoms with E-state index in [0.717, 1.165) is 17.8 Å². The molecule has 0 aliphatic carbocycles. The summed E-state index contributed by atoms with van der Waals surface area (Å²) >= 11 is 0. The highest BCUT2D eigenvalue weighted by Crippen LogP contribution is 2.22. The first-order chi connectivity index (χ1) is 9.49. The van der Waals surface area contributed by atoms with Gasteiger partial charge in [-0.2, -0.15) is 0 Å². The average molecular weight is 293 g/mol. The summed E-state index contributed by atoms with van der Waals surface area (Å²) in [5.41, 5.74) is 8.29. The van der Waals surface area contributed by atoms with Crippen LogP contribution in [0.3, 0.4) is 0 Å². The highest BCUT2D eigenvalue weighted by molar-refractivity contribution is 5.67. The second kappa shape index (κ2) is 6.67. The lowest BCUT2D eigenvalue weighted by molar-refractivity contribution is 0.0945. The predicted molar refractivity (Wildman–Crippen MR) is 91.4 cm³/mol. The summed E-state index contributed by atoms with van der Waals surface area (Å²) in [6.45, 7) is 13.7. The van der Waals surface area contributed by atoms with Crippen LogP contribution >= 0.6 is 0 Å². The highest BCUT2D eigenvalue weighted by Gasteiger charge is 2.19. The smallest absolute Gasteiger partial charge is 0.0763 e. The number of benzene rings is 1. The molecule has 0 fully saturated rings. The van der Waals surface area contributed by atoms with Gasteiger partial charge in [0.1, 0.15) is 0 Å². The maximum Gasteiger partial charge on any atom is 0.0763 e. The summed E-state index contributed by atoms with van der Waals surface area (Å²) in [6.07, 6.45) is 0. The zero-order valence-electron chi connectivity index (χ0n) is 14.2. The van der Waals surface area contributed by atoms with Gasteiger partial charge in [-0.25, -0.2) is 0 Å². The first-order valence-corrected chi connectivity index (χ1v) is 7.57. The van der Waals surface area contributed by atoms with E-state index in [1.54, 1.807) is 13.8 Å². The molecule has 0 radical (unpaired) electrons. The van der Waals surface area contributed by atoms with Crippen molar-refractivity contribution in [3.05, 3.63) is 23.8 Å². The van der Waals surface area contributed by atoms with E-state index in [1.165, 1.54) is 0 Å². The molecule has 21 heavy (non-hydrogen) atoms. The number of nitrogens with two attached hydrogens (primary N) is 1. The molecule has 0 aliphatic heterocycles. The van der Waals surface area contributed by atoms with Crippen molar-refractivity contribution in [3.8, 4) is 0 Å². The van der Waals surface area contributed by atoms with Crippen molar-refractivity contribution in [2.24, 2.45) is 5.41 Å². The highest BCUT2D eigenvalue weighted by atomic mass is 16.3. The summed E-state index contributed by atoms with van der Waals surface area (Å²) in [7, 11) is 0. The molecule has 1 aromatic carbocycles. The van der Waals surface area contributed by atoms with E-state index in [4.69, 9.17) is 5.73 Å². The maximum absolute atomic E-state index is 9.73. The van der Waals surface area contributed by atoms with Crippen LogP contribution < -0.4 is 16.4 Å². The molecule has 0 saturated carbocycles. The Morgan fingerprint density at radius 2 is 1.81 bits per heavy atom. The first kappa shape index (κ1) is 17.8. The van der Waals surface area contributed by atoms with Crippen LogP contribution in [0.1, 0.15) is 47.1 Å². The third kappa shape index (κ3) is 6.36. The van der Waals surface area contributed by atoms with E-state index < -0.39 is 5.60 Å².